The summed E-state index contributed by atoms with van der Waals surface area (Å²) in [5, 5.41) is 8.78. The van der Waals surface area contributed by atoms with E-state index in [9.17, 15) is 0 Å². The van der Waals surface area contributed by atoms with Crippen molar-refractivity contribution in [3.8, 4) is 11.4 Å². The maximum Gasteiger partial charge on any atom is 0.244 e. The van der Waals surface area contributed by atoms with Crippen LogP contribution in [0.1, 0.15) is 28.2 Å². The zero-order chi connectivity index (χ0) is 19.9. The van der Waals surface area contributed by atoms with E-state index >= 15 is 0 Å². The molecule has 0 saturated heterocycles. The van der Waals surface area contributed by atoms with E-state index in [2.05, 4.69) is 61.8 Å². The van der Waals surface area contributed by atoms with Crippen LogP contribution in [0.25, 0.3) is 22.2 Å². The Bertz CT molecular complexity index is 1310. The first kappa shape index (κ1) is 17.6. The Hall–Kier alpha value is -3.29. The number of hydrogen-bond acceptors (Lipinski definition) is 6. The molecular weight excluding hydrogens is 394 g/mol. The van der Waals surface area contributed by atoms with Crippen molar-refractivity contribution in [3.05, 3.63) is 88.5 Å². The van der Waals surface area contributed by atoms with Gasteiger partial charge in [0.15, 0.2) is 0 Å². The molecule has 0 amide bonds. The number of benzene rings is 2. The predicted octanol–water partition coefficient (Wildman–Crippen LogP) is 4.97. The molecule has 1 unspecified atom stereocenters. The van der Waals surface area contributed by atoms with Gasteiger partial charge in [-0.25, -0.2) is 4.98 Å². The van der Waals surface area contributed by atoms with Crippen LogP contribution in [-0.4, -0.2) is 25.0 Å². The average molecular weight is 414 g/mol. The van der Waals surface area contributed by atoms with Crippen LogP contribution in [0.3, 0.4) is 0 Å². The Morgan fingerprint density at radius 2 is 2.03 bits per heavy atom. The molecule has 3 aromatic heterocycles. The van der Waals surface area contributed by atoms with Gasteiger partial charge in [0.2, 0.25) is 11.7 Å². The Balaban J connectivity index is 1.34. The molecule has 0 aliphatic carbocycles. The molecule has 0 fully saturated rings. The summed E-state index contributed by atoms with van der Waals surface area (Å²) < 4.78 is 5.77. The quantitative estimate of drug-likeness (QED) is 0.450. The first-order chi connectivity index (χ1) is 14.8. The standard InChI is InChI=1S/C23H19N5OS/c1-2-5-16-10-17(8-7-15(16)4-1)22-26-23(29-27-22)21-11-19-20(25-14-24-19)13-28(21)12-18-6-3-9-30-18/h1-10,14,21H,11-13H2,(H,24,25). The number of nitrogens with zero attached hydrogens (tertiary/aromatic N) is 4. The molecule has 0 saturated carbocycles. The Morgan fingerprint density at radius 1 is 1.10 bits per heavy atom. The van der Waals surface area contributed by atoms with Gasteiger partial charge in [-0.2, -0.15) is 4.98 Å². The average Bonchev–Trinajstić information content (AvgIpc) is 3.54. The molecule has 0 radical (unpaired) electrons. The maximum atomic E-state index is 5.77. The van der Waals surface area contributed by atoms with Gasteiger partial charge >= 0.3 is 0 Å². The van der Waals surface area contributed by atoms with Gasteiger partial charge < -0.3 is 9.51 Å². The van der Waals surface area contributed by atoms with Gasteiger partial charge in [0.1, 0.15) is 0 Å². The van der Waals surface area contributed by atoms with Crippen LogP contribution in [0.5, 0.6) is 0 Å². The third kappa shape index (κ3) is 3.12. The van der Waals surface area contributed by atoms with Gasteiger partial charge in [0.05, 0.1) is 23.8 Å². The number of aromatic nitrogens is 4. The molecule has 2 aromatic carbocycles. The van der Waals surface area contributed by atoms with Crippen LogP contribution in [-0.2, 0) is 19.5 Å². The number of rotatable bonds is 4. The second kappa shape index (κ2) is 7.19. The van der Waals surface area contributed by atoms with Crippen LogP contribution in [0.4, 0.5) is 0 Å². The second-order valence-electron chi connectivity index (χ2n) is 7.55. The number of nitrogens with one attached hydrogen (secondary N) is 1. The summed E-state index contributed by atoms with van der Waals surface area (Å²) in [4.78, 5) is 16.3. The second-order valence-corrected chi connectivity index (χ2v) is 8.58. The summed E-state index contributed by atoms with van der Waals surface area (Å²) in [6, 6.07) is 18.8. The lowest BCUT2D eigenvalue weighted by molar-refractivity contribution is 0.129. The highest BCUT2D eigenvalue weighted by Gasteiger charge is 2.33. The van der Waals surface area contributed by atoms with Crippen molar-refractivity contribution in [2.24, 2.45) is 0 Å². The molecule has 5 aromatic rings. The molecule has 1 aliphatic rings. The number of H-pyrrole nitrogens is 1. The first-order valence-corrected chi connectivity index (χ1v) is 10.8. The highest BCUT2D eigenvalue weighted by atomic mass is 32.1. The minimum atomic E-state index is 0.00427. The lowest BCUT2D eigenvalue weighted by Crippen LogP contribution is -2.34. The van der Waals surface area contributed by atoms with E-state index in [1.54, 1.807) is 17.7 Å². The summed E-state index contributed by atoms with van der Waals surface area (Å²) >= 11 is 1.77. The Morgan fingerprint density at radius 3 is 2.93 bits per heavy atom. The summed E-state index contributed by atoms with van der Waals surface area (Å²) in [6.07, 6.45) is 2.52. The van der Waals surface area contributed by atoms with Gasteiger partial charge in [0, 0.05) is 30.0 Å². The fraction of sp³-hybridized carbons (Fsp3) is 0.174. The lowest BCUT2D eigenvalue weighted by Gasteiger charge is -2.32. The SMILES string of the molecule is c1csc(CN2Cc3[nH]cnc3CC2c2nc(-c3ccc4ccccc4c3)no2)c1. The molecule has 6 nitrogen and oxygen atoms in total. The van der Waals surface area contributed by atoms with Gasteiger partial charge in [-0.3, -0.25) is 4.90 Å². The molecule has 0 spiro atoms. The molecule has 148 valence electrons. The van der Waals surface area contributed by atoms with Crippen LogP contribution >= 0.6 is 11.3 Å². The fourth-order valence-corrected chi connectivity index (χ4v) is 4.85. The van der Waals surface area contributed by atoms with E-state index in [1.165, 1.54) is 15.6 Å². The number of thiophene rings is 1. The molecule has 1 atom stereocenters. The van der Waals surface area contributed by atoms with E-state index < -0.39 is 0 Å². The number of hydrogen-bond donors (Lipinski definition) is 1. The van der Waals surface area contributed by atoms with Crippen molar-refractivity contribution >= 4 is 22.1 Å². The van der Waals surface area contributed by atoms with Gasteiger partial charge in [-0.15, -0.1) is 11.3 Å². The molecule has 6 rings (SSSR count). The molecule has 30 heavy (non-hydrogen) atoms. The molecule has 1 N–H and O–H groups in total. The summed E-state index contributed by atoms with van der Waals surface area (Å²) in [6.45, 7) is 1.63. The van der Waals surface area contributed by atoms with Crippen molar-refractivity contribution in [1.29, 1.82) is 0 Å². The van der Waals surface area contributed by atoms with E-state index in [4.69, 9.17) is 9.51 Å². The van der Waals surface area contributed by atoms with Gasteiger partial charge in [-0.05, 0) is 28.3 Å². The number of aromatic amines is 1. The summed E-state index contributed by atoms with van der Waals surface area (Å²) in [5.74, 6) is 1.27. The first-order valence-electron chi connectivity index (χ1n) is 9.94. The van der Waals surface area contributed by atoms with Gasteiger partial charge in [0.25, 0.3) is 0 Å². The third-order valence-corrected chi connectivity index (χ3v) is 6.53. The van der Waals surface area contributed by atoms with Crippen molar-refractivity contribution in [1.82, 2.24) is 25.0 Å². The predicted molar refractivity (Wildman–Crippen MR) is 116 cm³/mol. The largest absolute Gasteiger partial charge is 0.347 e. The topological polar surface area (TPSA) is 70.8 Å². The smallest absolute Gasteiger partial charge is 0.244 e. The summed E-state index contributed by atoms with van der Waals surface area (Å²) in [5.41, 5.74) is 3.20. The van der Waals surface area contributed by atoms with E-state index in [0.29, 0.717) is 11.7 Å². The highest BCUT2D eigenvalue weighted by molar-refractivity contribution is 7.09. The minimum Gasteiger partial charge on any atom is -0.347 e. The van der Waals surface area contributed by atoms with Crippen molar-refractivity contribution in [2.75, 3.05) is 0 Å². The lowest BCUT2D eigenvalue weighted by atomic mass is 10.0. The Kier molecular flexibility index (Phi) is 4.21. The normalized spacial score (nSPS) is 16.7. The molecular formula is C23H19N5OS. The van der Waals surface area contributed by atoms with Crippen LogP contribution in [0, 0.1) is 0 Å². The molecule has 4 heterocycles. The number of fused-ring (bicyclic) bond motifs is 2. The maximum absolute atomic E-state index is 5.77. The third-order valence-electron chi connectivity index (χ3n) is 5.67. The zero-order valence-electron chi connectivity index (χ0n) is 16.2. The van der Waals surface area contributed by atoms with E-state index in [1.807, 2.05) is 18.2 Å². The molecule has 7 heteroatoms. The number of imidazole rings is 1. The minimum absolute atomic E-state index is 0.00427. The van der Waals surface area contributed by atoms with Gasteiger partial charge in [-0.1, -0.05) is 47.6 Å². The van der Waals surface area contributed by atoms with Crippen LogP contribution in [0.2, 0.25) is 0 Å². The van der Waals surface area contributed by atoms with E-state index in [0.717, 1.165) is 36.5 Å². The monoisotopic (exact) mass is 413 g/mol. The van der Waals surface area contributed by atoms with Crippen molar-refractivity contribution in [3.63, 3.8) is 0 Å². The Labute approximate surface area is 177 Å². The fourth-order valence-electron chi connectivity index (χ4n) is 4.12. The molecule has 0 bridgehead atoms. The zero-order valence-corrected chi connectivity index (χ0v) is 17.0. The van der Waals surface area contributed by atoms with Crippen molar-refractivity contribution < 1.29 is 4.52 Å². The van der Waals surface area contributed by atoms with Crippen LogP contribution < -0.4 is 0 Å². The van der Waals surface area contributed by atoms with Crippen molar-refractivity contribution in [2.45, 2.75) is 25.6 Å². The van der Waals surface area contributed by atoms with E-state index in [-0.39, 0.29) is 6.04 Å². The highest BCUT2D eigenvalue weighted by Crippen LogP contribution is 2.34. The summed E-state index contributed by atoms with van der Waals surface area (Å²) in [7, 11) is 0. The molecule has 1 aliphatic heterocycles. The van der Waals surface area contributed by atoms with Crippen LogP contribution in [0.15, 0.2) is 70.8 Å².